The van der Waals surface area contributed by atoms with Crippen molar-refractivity contribution in [2.75, 3.05) is 14.2 Å². The molecule has 0 saturated heterocycles. The normalized spacial score (nSPS) is 48.5. The lowest BCUT2D eigenvalue weighted by Crippen LogP contribution is -2.41. The number of esters is 2. The minimum atomic E-state index is -0.197. The van der Waals surface area contributed by atoms with E-state index in [1.165, 1.54) is 20.6 Å². The first kappa shape index (κ1) is 13.4. The van der Waals surface area contributed by atoms with Gasteiger partial charge in [-0.1, -0.05) is 12.2 Å². The Hall–Kier alpha value is -1.32. The van der Waals surface area contributed by atoms with E-state index in [1.807, 2.05) is 0 Å². The van der Waals surface area contributed by atoms with Crippen molar-refractivity contribution in [3.8, 4) is 0 Å². The minimum Gasteiger partial charge on any atom is -0.469 e. The third-order valence-electron chi connectivity index (χ3n) is 6.69. The summed E-state index contributed by atoms with van der Waals surface area (Å²) in [7, 11) is 2.88. The van der Waals surface area contributed by atoms with Gasteiger partial charge in [0, 0.05) is 6.42 Å². The molecule has 0 heterocycles. The van der Waals surface area contributed by atoms with Gasteiger partial charge in [0.2, 0.25) is 0 Å². The molecule has 0 N–H and O–H groups in total. The molecular weight excluding hydrogens is 268 g/mol. The first-order valence-corrected chi connectivity index (χ1v) is 7.98. The summed E-state index contributed by atoms with van der Waals surface area (Å²) in [6.07, 6.45) is 7.43. The van der Waals surface area contributed by atoms with E-state index < -0.39 is 0 Å². The topological polar surface area (TPSA) is 52.6 Å². The third kappa shape index (κ3) is 1.68. The average Bonchev–Trinajstić information content (AvgIpc) is 3.23. The monoisotopic (exact) mass is 290 g/mol. The molecule has 0 aliphatic heterocycles. The van der Waals surface area contributed by atoms with Crippen LogP contribution in [0.2, 0.25) is 0 Å². The highest BCUT2D eigenvalue weighted by atomic mass is 16.5. The largest absolute Gasteiger partial charge is 0.469 e. The van der Waals surface area contributed by atoms with Gasteiger partial charge in [0.05, 0.1) is 20.1 Å². The zero-order valence-corrected chi connectivity index (χ0v) is 12.5. The number of carbonyl (C=O) groups excluding carboxylic acids is 2. The molecular formula is C17H22O4. The van der Waals surface area contributed by atoms with Gasteiger partial charge in [-0.25, -0.2) is 0 Å². The van der Waals surface area contributed by atoms with Crippen molar-refractivity contribution in [2.24, 2.45) is 47.3 Å². The summed E-state index contributed by atoms with van der Waals surface area (Å²) in [5, 5.41) is 0. The Morgan fingerprint density at radius 3 is 2.29 bits per heavy atom. The fourth-order valence-electron chi connectivity index (χ4n) is 6.20. The predicted octanol–water partition coefficient (Wildman–Crippen LogP) is 2.04. The van der Waals surface area contributed by atoms with Gasteiger partial charge in [-0.3, -0.25) is 9.59 Å². The summed E-state index contributed by atoms with van der Waals surface area (Å²) >= 11 is 0. The van der Waals surface area contributed by atoms with E-state index in [9.17, 15) is 9.59 Å². The Bertz CT molecular complexity index is 511. The van der Waals surface area contributed by atoms with Crippen molar-refractivity contribution in [3.63, 3.8) is 0 Å². The lowest BCUT2D eigenvalue weighted by molar-refractivity contribution is -0.153. The lowest BCUT2D eigenvalue weighted by atomic mass is 9.64. The number of ether oxygens (including phenoxy) is 2. The number of rotatable bonds is 3. The number of hydrogen-bond donors (Lipinski definition) is 0. The van der Waals surface area contributed by atoms with Crippen molar-refractivity contribution in [2.45, 2.75) is 19.3 Å². The van der Waals surface area contributed by atoms with Gasteiger partial charge in [0.15, 0.2) is 0 Å². The van der Waals surface area contributed by atoms with Gasteiger partial charge in [0.1, 0.15) is 0 Å². The van der Waals surface area contributed by atoms with E-state index in [-0.39, 0.29) is 23.8 Å². The Morgan fingerprint density at radius 1 is 1.00 bits per heavy atom. The van der Waals surface area contributed by atoms with Crippen molar-refractivity contribution in [3.05, 3.63) is 12.2 Å². The number of fused-ring (bicyclic) bond motifs is 9. The van der Waals surface area contributed by atoms with Gasteiger partial charge in [-0.15, -0.1) is 0 Å². The van der Waals surface area contributed by atoms with Gasteiger partial charge in [0.25, 0.3) is 0 Å². The van der Waals surface area contributed by atoms with Crippen LogP contribution in [0, 0.1) is 47.3 Å². The molecule has 4 rings (SSSR count). The van der Waals surface area contributed by atoms with Crippen LogP contribution in [-0.2, 0) is 19.1 Å². The quantitative estimate of drug-likeness (QED) is 0.453. The van der Waals surface area contributed by atoms with Crippen LogP contribution >= 0.6 is 0 Å². The molecule has 4 bridgehead atoms. The average molecular weight is 290 g/mol. The Kier molecular flexibility index (Phi) is 2.92. The second-order valence-electron chi connectivity index (χ2n) is 7.16. The van der Waals surface area contributed by atoms with Crippen LogP contribution in [0.25, 0.3) is 0 Å². The van der Waals surface area contributed by atoms with Crippen molar-refractivity contribution in [1.29, 1.82) is 0 Å². The number of allylic oxidation sites excluding steroid dienone is 2. The van der Waals surface area contributed by atoms with Crippen molar-refractivity contribution in [1.82, 2.24) is 0 Å². The zero-order valence-electron chi connectivity index (χ0n) is 12.5. The zero-order chi connectivity index (χ0) is 14.7. The summed E-state index contributed by atoms with van der Waals surface area (Å²) in [6.45, 7) is 0. The molecule has 8 atom stereocenters. The highest BCUT2D eigenvalue weighted by Crippen LogP contribution is 2.69. The smallest absolute Gasteiger partial charge is 0.309 e. The van der Waals surface area contributed by atoms with Crippen LogP contribution < -0.4 is 0 Å². The lowest BCUT2D eigenvalue weighted by Gasteiger charge is -2.40. The summed E-state index contributed by atoms with van der Waals surface area (Å²) in [5.41, 5.74) is 0. The third-order valence-corrected chi connectivity index (χ3v) is 6.69. The molecule has 0 spiro atoms. The van der Waals surface area contributed by atoms with Crippen LogP contribution in [0.4, 0.5) is 0 Å². The SMILES string of the molecule is COC(=O)CC1C2CC(C1C(=O)OC)C1C3C=CC(C3)C21. The molecule has 8 unspecified atom stereocenters. The molecule has 4 aliphatic rings. The fourth-order valence-corrected chi connectivity index (χ4v) is 6.20. The first-order valence-electron chi connectivity index (χ1n) is 7.98. The molecule has 3 fully saturated rings. The Balaban J connectivity index is 1.65. The Labute approximate surface area is 124 Å². The van der Waals surface area contributed by atoms with Gasteiger partial charge >= 0.3 is 11.9 Å². The molecule has 114 valence electrons. The standard InChI is InChI=1S/C17H22O4/c1-20-13(18)7-11-10-6-12(16(11)17(19)21-2)15-9-4-3-8(5-9)14(10)15/h3-4,8-12,14-16H,5-7H2,1-2H3. The van der Waals surface area contributed by atoms with Gasteiger partial charge in [-0.05, 0) is 54.3 Å². The second kappa shape index (κ2) is 4.59. The fraction of sp³-hybridized carbons (Fsp3) is 0.765. The molecule has 3 saturated carbocycles. The maximum Gasteiger partial charge on any atom is 0.309 e. The van der Waals surface area contributed by atoms with E-state index in [4.69, 9.17) is 9.47 Å². The van der Waals surface area contributed by atoms with Crippen molar-refractivity contribution < 1.29 is 19.1 Å². The van der Waals surface area contributed by atoms with Crippen LogP contribution in [0.3, 0.4) is 0 Å². The minimum absolute atomic E-state index is 0.104. The maximum absolute atomic E-state index is 12.3. The molecule has 4 heteroatoms. The molecule has 0 aromatic heterocycles. The molecule has 0 aromatic carbocycles. The molecule has 4 nitrogen and oxygen atoms in total. The molecule has 0 radical (unpaired) electrons. The highest BCUT2D eigenvalue weighted by Gasteiger charge is 2.66. The maximum atomic E-state index is 12.3. The summed E-state index contributed by atoms with van der Waals surface area (Å²) < 4.78 is 9.90. The number of carbonyl (C=O) groups is 2. The molecule has 21 heavy (non-hydrogen) atoms. The van der Waals surface area contributed by atoms with Gasteiger partial charge in [-0.2, -0.15) is 0 Å². The van der Waals surface area contributed by atoms with Crippen LogP contribution in [-0.4, -0.2) is 26.2 Å². The first-order chi connectivity index (χ1) is 10.2. The van der Waals surface area contributed by atoms with Crippen molar-refractivity contribution >= 4 is 11.9 Å². The summed E-state index contributed by atoms with van der Waals surface area (Å²) in [4.78, 5) is 24.1. The van der Waals surface area contributed by atoms with E-state index in [1.54, 1.807) is 0 Å². The van der Waals surface area contributed by atoms with E-state index in [0.717, 1.165) is 6.42 Å². The van der Waals surface area contributed by atoms with Crippen LogP contribution in [0.15, 0.2) is 12.2 Å². The second-order valence-corrected chi connectivity index (χ2v) is 7.16. The van der Waals surface area contributed by atoms with E-state index >= 15 is 0 Å². The van der Waals surface area contributed by atoms with E-state index in [2.05, 4.69) is 12.2 Å². The predicted molar refractivity (Wildman–Crippen MR) is 74.9 cm³/mol. The molecule has 0 amide bonds. The molecule has 4 aliphatic carbocycles. The summed E-state index contributed by atoms with van der Waals surface area (Å²) in [5.74, 6) is 3.24. The number of hydrogen-bond acceptors (Lipinski definition) is 4. The number of methoxy groups -OCH3 is 2. The molecule has 0 aromatic rings. The van der Waals surface area contributed by atoms with Crippen LogP contribution in [0.1, 0.15) is 19.3 Å². The van der Waals surface area contributed by atoms with E-state index in [0.29, 0.717) is 41.9 Å². The highest BCUT2D eigenvalue weighted by molar-refractivity contribution is 5.76. The van der Waals surface area contributed by atoms with Crippen LogP contribution in [0.5, 0.6) is 0 Å². The Morgan fingerprint density at radius 2 is 1.67 bits per heavy atom. The summed E-state index contributed by atoms with van der Waals surface area (Å²) in [6, 6.07) is 0. The van der Waals surface area contributed by atoms with Gasteiger partial charge < -0.3 is 9.47 Å².